The van der Waals surface area contributed by atoms with E-state index in [1.165, 1.54) is 0 Å². The van der Waals surface area contributed by atoms with Gasteiger partial charge >= 0.3 is 0 Å². The van der Waals surface area contributed by atoms with Crippen molar-refractivity contribution in [2.45, 2.75) is 25.4 Å². The average molecular weight is 259 g/mol. The van der Waals surface area contributed by atoms with Gasteiger partial charge in [-0.25, -0.2) is 4.98 Å². The molecule has 1 aliphatic heterocycles. The van der Waals surface area contributed by atoms with Crippen molar-refractivity contribution in [1.29, 1.82) is 0 Å². The molecule has 0 bridgehead atoms. The first kappa shape index (κ1) is 13.5. The van der Waals surface area contributed by atoms with Crippen molar-refractivity contribution in [3.8, 4) is 11.8 Å². The fourth-order valence-corrected chi connectivity index (χ4v) is 1.94. The third-order valence-corrected chi connectivity index (χ3v) is 2.80. The third-order valence-electron chi connectivity index (χ3n) is 2.80. The van der Waals surface area contributed by atoms with Crippen LogP contribution in [0.3, 0.4) is 0 Å². The average Bonchev–Trinajstić information content (AvgIpc) is 2.89. The van der Waals surface area contributed by atoms with Crippen LogP contribution in [0, 0.1) is 11.8 Å². The fourth-order valence-electron chi connectivity index (χ4n) is 1.94. The Morgan fingerprint density at radius 2 is 2.53 bits per heavy atom. The standard InChI is InChI=1S/C14H17N3O2/c15-6-1-3-11-5-7-16-13(9-11)17-14(18)10-12-4-2-8-19-12/h5,7,9,12H,2,4,6,8,10,15H2,(H,16,17,18). The Hall–Kier alpha value is -1.90. The fraction of sp³-hybridized carbons (Fsp3) is 0.429. The number of aromatic nitrogens is 1. The molecule has 2 rings (SSSR count). The number of carbonyl (C=O) groups excluding carboxylic acids is 1. The van der Waals surface area contributed by atoms with E-state index in [1.54, 1.807) is 18.3 Å². The van der Waals surface area contributed by atoms with Crippen molar-refractivity contribution in [3.63, 3.8) is 0 Å². The molecule has 1 saturated heterocycles. The van der Waals surface area contributed by atoms with Gasteiger partial charge in [0.05, 0.1) is 19.1 Å². The zero-order chi connectivity index (χ0) is 13.5. The van der Waals surface area contributed by atoms with Crippen LogP contribution in [0.5, 0.6) is 0 Å². The van der Waals surface area contributed by atoms with Crippen LogP contribution in [0.25, 0.3) is 0 Å². The first-order valence-corrected chi connectivity index (χ1v) is 6.34. The highest BCUT2D eigenvalue weighted by atomic mass is 16.5. The van der Waals surface area contributed by atoms with Crippen molar-refractivity contribution < 1.29 is 9.53 Å². The maximum absolute atomic E-state index is 11.8. The van der Waals surface area contributed by atoms with E-state index in [0.29, 0.717) is 18.8 Å². The number of hydrogen-bond donors (Lipinski definition) is 2. The summed E-state index contributed by atoms with van der Waals surface area (Å²) < 4.78 is 5.42. The van der Waals surface area contributed by atoms with Gasteiger partial charge in [-0.3, -0.25) is 4.79 Å². The molecule has 100 valence electrons. The van der Waals surface area contributed by atoms with Crippen LogP contribution in [0.15, 0.2) is 18.3 Å². The number of nitrogens with two attached hydrogens (primary N) is 1. The molecule has 1 atom stereocenters. The smallest absolute Gasteiger partial charge is 0.228 e. The van der Waals surface area contributed by atoms with Gasteiger partial charge in [0, 0.05) is 18.4 Å². The maximum atomic E-state index is 11.8. The summed E-state index contributed by atoms with van der Waals surface area (Å²) in [4.78, 5) is 15.9. The van der Waals surface area contributed by atoms with Gasteiger partial charge in [0.15, 0.2) is 0 Å². The Morgan fingerprint density at radius 1 is 1.63 bits per heavy atom. The Morgan fingerprint density at radius 3 is 3.26 bits per heavy atom. The number of hydrogen-bond acceptors (Lipinski definition) is 4. The van der Waals surface area contributed by atoms with E-state index < -0.39 is 0 Å². The summed E-state index contributed by atoms with van der Waals surface area (Å²) in [7, 11) is 0. The van der Waals surface area contributed by atoms with Crippen LogP contribution in [0.2, 0.25) is 0 Å². The highest BCUT2D eigenvalue weighted by Gasteiger charge is 2.19. The highest BCUT2D eigenvalue weighted by Crippen LogP contribution is 2.16. The Balaban J connectivity index is 1.92. The van der Waals surface area contributed by atoms with E-state index in [-0.39, 0.29) is 12.0 Å². The van der Waals surface area contributed by atoms with E-state index in [0.717, 1.165) is 25.0 Å². The van der Waals surface area contributed by atoms with Gasteiger partial charge in [0.25, 0.3) is 0 Å². The van der Waals surface area contributed by atoms with Gasteiger partial charge < -0.3 is 15.8 Å². The molecule has 1 amide bonds. The molecule has 1 aliphatic rings. The lowest BCUT2D eigenvalue weighted by molar-refractivity contribution is -0.118. The predicted molar refractivity (Wildman–Crippen MR) is 72.4 cm³/mol. The summed E-state index contributed by atoms with van der Waals surface area (Å²) >= 11 is 0. The zero-order valence-electron chi connectivity index (χ0n) is 10.7. The van der Waals surface area contributed by atoms with Crippen molar-refractivity contribution in [2.75, 3.05) is 18.5 Å². The van der Waals surface area contributed by atoms with Gasteiger partial charge in [-0.15, -0.1) is 0 Å². The molecule has 19 heavy (non-hydrogen) atoms. The van der Waals surface area contributed by atoms with E-state index in [1.807, 2.05) is 0 Å². The van der Waals surface area contributed by atoms with E-state index in [4.69, 9.17) is 10.5 Å². The largest absolute Gasteiger partial charge is 0.378 e. The number of carbonyl (C=O) groups is 1. The van der Waals surface area contributed by atoms with Crippen LogP contribution in [0.4, 0.5) is 5.82 Å². The maximum Gasteiger partial charge on any atom is 0.228 e. The molecular formula is C14H17N3O2. The van der Waals surface area contributed by atoms with Crippen LogP contribution >= 0.6 is 0 Å². The molecule has 0 radical (unpaired) electrons. The van der Waals surface area contributed by atoms with Gasteiger partial charge in [0.1, 0.15) is 5.82 Å². The second-order valence-corrected chi connectivity index (χ2v) is 4.32. The number of anilines is 1. The number of rotatable bonds is 3. The molecule has 1 unspecified atom stereocenters. The summed E-state index contributed by atoms with van der Waals surface area (Å²) in [6, 6.07) is 3.51. The summed E-state index contributed by atoms with van der Waals surface area (Å²) in [5.74, 6) is 6.09. The summed E-state index contributed by atoms with van der Waals surface area (Å²) in [6.07, 6.45) is 4.01. The van der Waals surface area contributed by atoms with Gasteiger partial charge in [-0.1, -0.05) is 11.8 Å². The molecule has 0 aromatic carbocycles. The van der Waals surface area contributed by atoms with Gasteiger partial charge in [-0.2, -0.15) is 0 Å². The first-order chi connectivity index (χ1) is 9.28. The number of nitrogens with zero attached hydrogens (tertiary/aromatic N) is 1. The zero-order valence-corrected chi connectivity index (χ0v) is 10.7. The highest BCUT2D eigenvalue weighted by molar-refractivity contribution is 5.90. The van der Waals surface area contributed by atoms with Crippen molar-refractivity contribution in [3.05, 3.63) is 23.9 Å². The number of nitrogens with one attached hydrogen (secondary N) is 1. The Bertz CT molecular complexity index is 499. The van der Waals surface area contributed by atoms with E-state index in [2.05, 4.69) is 22.1 Å². The second kappa shape index (κ2) is 6.88. The minimum Gasteiger partial charge on any atom is -0.378 e. The molecule has 5 nitrogen and oxygen atoms in total. The Labute approximate surface area is 112 Å². The number of amides is 1. The molecule has 1 fully saturated rings. The van der Waals surface area contributed by atoms with Crippen LogP contribution in [0.1, 0.15) is 24.8 Å². The minimum absolute atomic E-state index is 0.0419. The van der Waals surface area contributed by atoms with E-state index >= 15 is 0 Å². The van der Waals surface area contributed by atoms with Crippen LogP contribution in [-0.4, -0.2) is 30.1 Å². The lowest BCUT2D eigenvalue weighted by atomic mass is 10.2. The molecule has 0 saturated carbocycles. The van der Waals surface area contributed by atoms with Gasteiger partial charge in [-0.05, 0) is 25.0 Å². The van der Waals surface area contributed by atoms with E-state index in [9.17, 15) is 4.79 Å². The lowest BCUT2D eigenvalue weighted by Gasteiger charge is -2.09. The summed E-state index contributed by atoms with van der Waals surface area (Å²) in [5.41, 5.74) is 6.10. The topological polar surface area (TPSA) is 77.2 Å². The van der Waals surface area contributed by atoms with Crippen LogP contribution in [-0.2, 0) is 9.53 Å². The van der Waals surface area contributed by atoms with Gasteiger partial charge in [0.2, 0.25) is 5.91 Å². The number of ether oxygens (including phenoxy) is 1. The first-order valence-electron chi connectivity index (χ1n) is 6.34. The van der Waals surface area contributed by atoms with Crippen molar-refractivity contribution >= 4 is 11.7 Å². The molecule has 2 heterocycles. The van der Waals surface area contributed by atoms with Crippen LogP contribution < -0.4 is 11.1 Å². The number of pyridine rings is 1. The SMILES string of the molecule is NCC#Cc1ccnc(NC(=O)CC2CCCO2)c1. The third kappa shape index (κ3) is 4.36. The molecule has 0 aliphatic carbocycles. The summed E-state index contributed by atoms with van der Waals surface area (Å²) in [6.45, 7) is 1.06. The molecular weight excluding hydrogens is 242 g/mol. The molecule has 1 aromatic rings. The molecule has 3 N–H and O–H groups in total. The normalized spacial score (nSPS) is 17.6. The molecule has 1 aromatic heterocycles. The minimum atomic E-state index is -0.0802. The predicted octanol–water partition coefficient (Wildman–Crippen LogP) is 0.899. The quantitative estimate of drug-likeness (QED) is 0.791. The second-order valence-electron chi connectivity index (χ2n) is 4.32. The summed E-state index contributed by atoms with van der Waals surface area (Å²) in [5, 5.41) is 2.76. The van der Waals surface area contributed by atoms with Crippen molar-refractivity contribution in [1.82, 2.24) is 4.98 Å². The Kier molecular flexibility index (Phi) is 4.90. The molecule has 5 heteroatoms. The van der Waals surface area contributed by atoms with Crippen molar-refractivity contribution in [2.24, 2.45) is 5.73 Å². The lowest BCUT2D eigenvalue weighted by Crippen LogP contribution is -2.19. The molecule has 0 spiro atoms. The monoisotopic (exact) mass is 259 g/mol.